The van der Waals surface area contributed by atoms with Gasteiger partial charge < -0.3 is 15.2 Å². The van der Waals surface area contributed by atoms with Gasteiger partial charge in [-0.2, -0.15) is 5.10 Å². The largest absolute Gasteiger partial charge is 0.394 e. The van der Waals surface area contributed by atoms with Crippen molar-refractivity contribution in [2.45, 2.75) is 25.9 Å². The van der Waals surface area contributed by atoms with Crippen LogP contribution in [0, 0.1) is 0 Å². The van der Waals surface area contributed by atoms with Gasteiger partial charge in [0.2, 0.25) is 0 Å². The van der Waals surface area contributed by atoms with Gasteiger partial charge in [0.25, 0.3) is 5.56 Å². The molecule has 0 radical (unpaired) electrons. The third-order valence-corrected chi connectivity index (χ3v) is 3.33. The number of methoxy groups -OCH3 is 1. The Hall–Kier alpha value is -0.920. The monoisotopic (exact) mass is 319 g/mol. The minimum absolute atomic E-state index is 0.00962. The smallest absolute Gasteiger partial charge is 0.283 e. The van der Waals surface area contributed by atoms with Crippen LogP contribution in [0.1, 0.15) is 13.3 Å². The summed E-state index contributed by atoms with van der Waals surface area (Å²) in [5.74, 6) is 0. The first-order valence-corrected chi connectivity index (χ1v) is 6.55. The fourth-order valence-corrected chi connectivity index (χ4v) is 1.82. The zero-order valence-corrected chi connectivity index (χ0v) is 12.1. The number of rotatable bonds is 7. The molecule has 0 saturated heterocycles. The van der Waals surface area contributed by atoms with Crippen LogP contribution in [-0.4, -0.2) is 41.3 Å². The molecule has 0 aliphatic heterocycles. The molecule has 1 aromatic heterocycles. The summed E-state index contributed by atoms with van der Waals surface area (Å²) in [5.41, 5.74) is 0.374. The Kier molecular flexibility index (Phi) is 6.31. The zero-order valence-electron chi connectivity index (χ0n) is 10.5. The average Bonchev–Trinajstić information content (AvgIpc) is 2.39. The van der Waals surface area contributed by atoms with Crippen molar-refractivity contribution in [2.75, 3.05) is 25.6 Å². The molecule has 0 bridgehead atoms. The normalized spacial score (nSPS) is 12.4. The number of halogens is 1. The van der Waals surface area contributed by atoms with Gasteiger partial charge in [-0.25, -0.2) is 4.68 Å². The summed E-state index contributed by atoms with van der Waals surface area (Å²) in [4.78, 5) is 11.9. The third kappa shape index (κ3) is 3.79. The summed E-state index contributed by atoms with van der Waals surface area (Å²) >= 11 is 3.25. The van der Waals surface area contributed by atoms with Gasteiger partial charge in [0.1, 0.15) is 4.47 Å². The van der Waals surface area contributed by atoms with E-state index in [-0.39, 0.29) is 18.2 Å². The molecule has 0 saturated carbocycles. The summed E-state index contributed by atoms with van der Waals surface area (Å²) in [6.07, 6.45) is 2.33. The summed E-state index contributed by atoms with van der Waals surface area (Å²) in [7, 11) is 1.57. The zero-order chi connectivity index (χ0) is 13.5. The van der Waals surface area contributed by atoms with Crippen LogP contribution in [0.2, 0.25) is 0 Å². The Morgan fingerprint density at radius 2 is 2.39 bits per heavy atom. The van der Waals surface area contributed by atoms with Gasteiger partial charge in [0, 0.05) is 13.2 Å². The number of hydrogen-bond donors (Lipinski definition) is 2. The molecular formula is C11H18BrN3O3. The molecule has 1 atom stereocenters. The van der Waals surface area contributed by atoms with Crippen molar-refractivity contribution < 1.29 is 9.84 Å². The Morgan fingerprint density at radius 1 is 1.67 bits per heavy atom. The van der Waals surface area contributed by atoms with Crippen LogP contribution in [-0.2, 0) is 11.3 Å². The Labute approximate surface area is 114 Å². The number of aromatic nitrogens is 2. The number of aliphatic hydroxyl groups is 1. The molecule has 0 aromatic carbocycles. The fourth-order valence-electron chi connectivity index (χ4n) is 1.40. The van der Waals surface area contributed by atoms with Crippen LogP contribution in [0.4, 0.5) is 5.69 Å². The highest BCUT2D eigenvalue weighted by atomic mass is 79.9. The van der Waals surface area contributed by atoms with Gasteiger partial charge in [-0.05, 0) is 22.4 Å². The van der Waals surface area contributed by atoms with Gasteiger partial charge in [-0.1, -0.05) is 6.92 Å². The summed E-state index contributed by atoms with van der Waals surface area (Å²) in [5, 5.41) is 16.2. The van der Waals surface area contributed by atoms with E-state index in [1.165, 1.54) is 4.68 Å². The van der Waals surface area contributed by atoms with Crippen LogP contribution in [0.3, 0.4) is 0 Å². The fraction of sp³-hybridized carbons (Fsp3) is 0.636. The molecule has 1 rings (SSSR count). The molecule has 102 valence electrons. The lowest BCUT2D eigenvalue weighted by Gasteiger charge is -2.16. The summed E-state index contributed by atoms with van der Waals surface area (Å²) < 4.78 is 6.66. The van der Waals surface area contributed by atoms with E-state index in [0.717, 1.165) is 6.42 Å². The molecule has 2 N–H and O–H groups in total. The summed E-state index contributed by atoms with van der Waals surface area (Å²) in [6.45, 7) is 2.80. The first-order valence-electron chi connectivity index (χ1n) is 5.76. The minimum Gasteiger partial charge on any atom is -0.394 e. The second kappa shape index (κ2) is 7.50. The van der Waals surface area contributed by atoms with E-state index in [1.54, 1.807) is 13.3 Å². The predicted molar refractivity (Wildman–Crippen MR) is 72.9 cm³/mol. The molecule has 18 heavy (non-hydrogen) atoms. The molecule has 0 spiro atoms. The average molecular weight is 320 g/mol. The lowest BCUT2D eigenvalue weighted by Crippen LogP contribution is -2.29. The molecule has 7 heteroatoms. The maximum absolute atomic E-state index is 11.9. The van der Waals surface area contributed by atoms with Crippen molar-refractivity contribution in [3.05, 3.63) is 21.0 Å². The van der Waals surface area contributed by atoms with Crippen molar-refractivity contribution in [3.8, 4) is 0 Å². The van der Waals surface area contributed by atoms with Crippen LogP contribution in [0.5, 0.6) is 0 Å². The molecule has 1 heterocycles. The minimum atomic E-state index is -0.218. The lowest BCUT2D eigenvalue weighted by atomic mass is 10.2. The Morgan fingerprint density at radius 3 is 2.94 bits per heavy atom. The van der Waals surface area contributed by atoms with E-state index in [9.17, 15) is 4.79 Å². The van der Waals surface area contributed by atoms with E-state index >= 15 is 0 Å². The van der Waals surface area contributed by atoms with E-state index < -0.39 is 0 Å². The molecule has 6 nitrogen and oxygen atoms in total. The van der Waals surface area contributed by atoms with Crippen LogP contribution in [0.25, 0.3) is 0 Å². The van der Waals surface area contributed by atoms with Crippen molar-refractivity contribution in [1.82, 2.24) is 9.78 Å². The molecule has 1 aromatic rings. The van der Waals surface area contributed by atoms with Crippen molar-refractivity contribution in [3.63, 3.8) is 0 Å². The topological polar surface area (TPSA) is 76.4 Å². The number of nitrogens with one attached hydrogen (secondary N) is 1. The van der Waals surface area contributed by atoms with Gasteiger partial charge in [0.15, 0.2) is 0 Å². The van der Waals surface area contributed by atoms with Crippen molar-refractivity contribution >= 4 is 21.6 Å². The molecular weight excluding hydrogens is 302 g/mol. The number of hydrogen-bond acceptors (Lipinski definition) is 5. The highest BCUT2D eigenvalue weighted by Gasteiger charge is 2.11. The molecule has 0 fully saturated rings. The van der Waals surface area contributed by atoms with Crippen molar-refractivity contribution in [2.24, 2.45) is 0 Å². The second-order valence-electron chi connectivity index (χ2n) is 3.83. The van der Waals surface area contributed by atoms with E-state index in [0.29, 0.717) is 23.3 Å². The maximum Gasteiger partial charge on any atom is 0.283 e. The second-order valence-corrected chi connectivity index (χ2v) is 4.62. The first kappa shape index (κ1) is 15.1. The molecule has 0 aliphatic carbocycles. The van der Waals surface area contributed by atoms with Crippen LogP contribution in [0.15, 0.2) is 15.5 Å². The number of ether oxygens (including phenoxy) is 1. The highest BCUT2D eigenvalue weighted by molar-refractivity contribution is 9.10. The van der Waals surface area contributed by atoms with Gasteiger partial charge >= 0.3 is 0 Å². The SMILES string of the molecule is CCC(CO)Nc1cnn(CCOC)c(=O)c1Br. The summed E-state index contributed by atoms with van der Waals surface area (Å²) in [6, 6.07) is -0.0858. The van der Waals surface area contributed by atoms with E-state index in [2.05, 4.69) is 26.3 Å². The van der Waals surface area contributed by atoms with Gasteiger partial charge in [-0.15, -0.1) is 0 Å². The Balaban J connectivity index is 2.90. The number of aliphatic hydroxyl groups excluding tert-OH is 1. The number of anilines is 1. The van der Waals surface area contributed by atoms with E-state index in [4.69, 9.17) is 9.84 Å². The van der Waals surface area contributed by atoms with Crippen molar-refractivity contribution in [1.29, 1.82) is 0 Å². The molecule has 0 amide bonds. The standard InChI is InChI=1S/C11H18BrN3O3/c1-3-8(7-16)14-9-6-13-15(4-5-18-2)11(17)10(9)12/h6,8,14,16H,3-5,7H2,1-2H3. The first-order chi connectivity index (χ1) is 8.63. The van der Waals surface area contributed by atoms with Crippen LogP contribution >= 0.6 is 15.9 Å². The lowest BCUT2D eigenvalue weighted by molar-refractivity contribution is 0.181. The predicted octanol–water partition coefficient (Wildman–Crippen LogP) is 0.835. The van der Waals surface area contributed by atoms with Gasteiger partial charge in [-0.3, -0.25) is 4.79 Å². The Bertz CT molecular complexity index is 432. The molecule has 1 unspecified atom stereocenters. The van der Waals surface area contributed by atoms with E-state index in [1.807, 2.05) is 6.92 Å². The van der Waals surface area contributed by atoms with Gasteiger partial charge in [0.05, 0.1) is 31.6 Å². The third-order valence-electron chi connectivity index (χ3n) is 2.56. The maximum atomic E-state index is 11.9. The molecule has 0 aliphatic rings. The number of nitrogens with zero attached hydrogens (tertiary/aromatic N) is 2. The quantitative estimate of drug-likeness (QED) is 0.778. The van der Waals surface area contributed by atoms with Crippen LogP contribution < -0.4 is 10.9 Å². The highest BCUT2D eigenvalue weighted by Crippen LogP contribution is 2.17.